The summed E-state index contributed by atoms with van der Waals surface area (Å²) >= 11 is 0. The SMILES string of the molecule is O=C(O)C=CC=CC=CCCCCCCCCCCCCC(O)(O)O. The van der Waals surface area contributed by atoms with Crippen LogP contribution in [-0.4, -0.2) is 32.4 Å². The van der Waals surface area contributed by atoms with Crippen LogP contribution in [-0.2, 0) is 4.79 Å². The van der Waals surface area contributed by atoms with Crippen LogP contribution in [0.2, 0.25) is 0 Å². The minimum atomic E-state index is -2.50. The number of carboxylic acid groups (broad SMARTS) is 1. The maximum atomic E-state index is 10.2. The largest absolute Gasteiger partial charge is 0.478 e. The molecule has 0 aliphatic carbocycles. The number of aliphatic hydroxyl groups is 3. The fourth-order valence-corrected chi connectivity index (χ4v) is 2.48. The first-order valence-corrected chi connectivity index (χ1v) is 9.32. The molecule has 0 aromatic carbocycles. The molecule has 0 aliphatic heterocycles. The molecular formula is C20H34O5. The maximum absolute atomic E-state index is 10.2. The average molecular weight is 354 g/mol. The van der Waals surface area contributed by atoms with E-state index < -0.39 is 11.9 Å². The Labute approximate surface area is 151 Å². The molecule has 0 unspecified atom stereocenters. The standard InChI is InChI=1S/C20H34O5/c21-19(22)17-15-13-11-9-7-5-3-1-2-4-6-8-10-12-14-16-18-20(23,24)25/h7,9,11,13,15,17,23-25H,1-6,8,10,12,14,16,18H2,(H,21,22). The Bertz CT molecular complexity index is 405. The van der Waals surface area contributed by atoms with Crippen LogP contribution in [0, 0.1) is 0 Å². The molecule has 0 fully saturated rings. The lowest BCUT2D eigenvalue weighted by atomic mass is 10.0. The van der Waals surface area contributed by atoms with Gasteiger partial charge in [-0.3, -0.25) is 0 Å². The number of carbonyl (C=O) groups is 1. The highest BCUT2D eigenvalue weighted by Gasteiger charge is 2.16. The molecule has 0 aliphatic rings. The van der Waals surface area contributed by atoms with E-state index in [1.165, 1.54) is 51.0 Å². The van der Waals surface area contributed by atoms with Gasteiger partial charge in [-0.15, -0.1) is 0 Å². The van der Waals surface area contributed by atoms with Crippen LogP contribution in [0.5, 0.6) is 0 Å². The van der Waals surface area contributed by atoms with Crippen molar-refractivity contribution >= 4 is 5.97 Å². The molecule has 0 saturated carbocycles. The van der Waals surface area contributed by atoms with Gasteiger partial charge in [-0.2, -0.15) is 0 Å². The summed E-state index contributed by atoms with van der Waals surface area (Å²) in [5.74, 6) is -3.43. The number of aliphatic carboxylic acids is 1. The highest BCUT2D eigenvalue weighted by molar-refractivity contribution is 5.80. The van der Waals surface area contributed by atoms with Crippen molar-refractivity contribution in [3.63, 3.8) is 0 Å². The second kappa shape index (κ2) is 16.1. The van der Waals surface area contributed by atoms with Crippen molar-refractivity contribution in [3.8, 4) is 0 Å². The lowest BCUT2D eigenvalue weighted by Crippen LogP contribution is -2.26. The fourth-order valence-electron chi connectivity index (χ4n) is 2.48. The van der Waals surface area contributed by atoms with Crippen molar-refractivity contribution in [1.29, 1.82) is 0 Å². The number of rotatable bonds is 16. The third kappa shape index (κ3) is 22.6. The summed E-state index contributed by atoms with van der Waals surface area (Å²) in [5.41, 5.74) is 0. The smallest absolute Gasteiger partial charge is 0.328 e. The molecular weight excluding hydrogens is 320 g/mol. The summed E-state index contributed by atoms with van der Waals surface area (Å²) in [6, 6.07) is 0. The Morgan fingerprint density at radius 2 is 1.16 bits per heavy atom. The summed E-state index contributed by atoms with van der Waals surface area (Å²) in [4.78, 5) is 10.2. The first-order chi connectivity index (χ1) is 11.9. The molecule has 0 rings (SSSR count). The van der Waals surface area contributed by atoms with E-state index in [9.17, 15) is 4.79 Å². The van der Waals surface area contributed by atoms with Gasteiger partial charge in [0.1, 0.15) is 0 Å². The summed E-state index contributed by atoms with van der Waals surface area (Å²) < 4.78 is 0. The quantitative estimate of drug-likeness (QED) is 0.145. The van der Waals surface area contributed by atoms with E-state index in [4.69, 9.17) is 20.4 Å². The Balaban J connectivity index is 3.25. The van der Waals surface area contributed by atoms with Gasteiger partial charge in [-0.1, -0.05) is 81.7 Å². The monoisotopic (exact) mass is 354 g/mol. The van der Waals surface area contributed by atoms with E-state index in [0.29, 0.717) is 6.42 Å². The number of allylic oxidation sites excluding steroid dienone is 5. The minimum absolute atomic E-state index is 0.0241. The summed E-state index contributed by atoms with van der Waals surface area (Å²) in [7, 11) is 0. The van der Waals surface area contributed by atoms with Crippen molar-refractivity contribution in [3.05, 3.63) is 36.5 Å². The van der Waals surface area contributed by atoms with Gasteiger partial charge in [-0.25, -0.2) is 4.79 Å². The van der Waals surface area contributed by atoms with Gasteiger partial charge in [0.2, 0.25) is 0 Å². The average Bonchev–Trinajstić information content (AvgIpc) is 2.52. The number of unbranched alkanes of at least 4 members (excludes halogenated alkanes) is 10. The van der Waals surface area contributed by atoms with E-state index in [1.807, 2.05) is 12.2 Å². The van der Waals surface area contributed by atoms with Crippen LogP contribution in [0.4, 0.5) is 0 Å². The Morgan fingerprint density at radius 1 is 0.680 bits per heavy atom. The highest BCUT2D eigenvalue weighted by Crippen LogP contribution is 2.14. The molecule has 0 aromatic rings. The van der Waals surface area contributed by atoms with Crippen molar-refractivity contribution in [2.24, 2.45) is 0 Å². The van der Waals surface area contributed by atoms with Crippen molar-refractivity contribution in [2.45, 2.75) is 83.0 Å². The molecule has 0 atom stereocenters. The first kappa shape index (κ1) is 23.6. The Hall–Kier alpha value is -1.43. The van der Waals surface area contributed by atoms with Gasteiger partial charge in [0.15, 0.2) is 0 Å². The molecule has 0 saturated heterocycles. The topological polar surface area (TPSA) is 98.0 Å². The Kier molecular flexibility index (Phi) is 15.1. The first-order valence-electron chi connectivity index (χ1n) is 9.32. The normalized spacial score (nSPS) is 12.8. The fraction of sp³-hybridized carbons (Fsp3) is 0.650. The molecule has 0 heterocycles. The molecule has 0 bridgehead atoms. The van der Waals surface area contributed by atoms with Gasteiger partial charge in [0.25, 0.3) is 5.97 Å². The maximum Gasteiger partial charge on any atom is 0.328 e. The second-order valence-electron chi connectivity index (χ2n) is 6.36. The molecule has 0 spiro atoms. The van der Waals surface area contributed by atoms with E-state index in [2.05, 4.69) is 6.08 Å². The van der Waals surface area contributed by atoms with E-state index in [1.54, 1.807) is 6.08 Å². The van der Waals surface area contributed by atoms with Crippen LogP contribution in [0.3, 0.4) is 0 Å². The predicted octanol–water partition coefficient (Wildman–Crippen LogP) is 4.05. The number of carboxylic acids is 1. The Morgan fingerprint density at radius 3 is 1.68 bits per heavy atom. The zero-order chi connectivity index (χ0) is 18.8. The van der Waals surface area contributed by atoms with E-state index in [0.717, 1.165) is 25.3 Å². The zero-order valence-corrected chi connectivity index (χ0v) is 15.1. The van der Waals surface area contributed by atoms with Gasteiger partial charge >= 0.3 is 5.97 Å². The molecule has 0 radical (unpaired) electrons. The molecule has 144 valence electrons. The van der Waals surface area contributed by atoms with Crippen molar-refractivity contribution in [1.82, 2.24) is 0 Å². The summed E-state index contributed by atoms with van der Waals surface area (Å²) in [5, 5.41) is 34.6. The lowest BCUT2D eigenvalue weighted by molar-refractivity contribution is -0.315. The van der Waals surface area contributed by atoms with E-state index in [-0.39, 0.29) is 6.42 Å². The second-order valence-corrected chi connectivity index (χ2v) is 6.36. The summed E-state index contributed by atoms with van der Waals surface area (Å²) in [6.45, 7) is 0. The zero-order valence-electron chi connectivity index (χ0n) is 15.1. The highest BCUT2D eigenvalue weighted by atomic mass is 16.7. The predicted molar refractivity (Wildman–Crippen MR) is 99.8 cm³/mol. The molecule has 5 nitrogen and oxygen atoms in total. The van der Waals surface area contributed by atoms with Crippen molar-refractivity contribution < 1.29 is 25.2 Å². The van der Waals surface area contributed by atoms with Gasteiger partial charge in [0, 0.05) is 12.5 Å². The molecule has 0 amide bonds. The van der Waals surface area contributed by atoms with Crippen LogP contribution in [0.15, 0.2) is 36.5 Å². The molecule has 5 heteroatoms. The molecule has 25 heavy (non-hydrogen) atoms. The molecule has 0 aromatic heterocycles. The third-order valence-corrected chi connectivity index (χ3v) is 3.84. The van der Waals surface area contributed by atoms with Gasteiger partial charge in [-0.05, 0) is 19.3 Å². The number of hydrogen-bond acceptors (Lipinski definition) is 4. The van der Waals surface area contributed by atoms with Gasteiger partial charge in [0.05, 0.1) is 0 Å². The van der Waals surface area contributed by atoms with Gasteiger partial charge < -0.3 is 20.4 Å². The van der Waals surface area contributed by atoms with Crippen LogP contribution >= 0.6 is 0 Å². The van der Waals surface area contributed by atoms with Crippen LogP contribution in [0.1, 0.15) is 77.0 Å². The summed E-state index contributed by atoms with van der Waals surface area (Å²) in [6.07, 6.45) is 22.5. The third-order valence-electron chi connectivity index (χ3n) is 3.84. The number of hydrogen-bond donors (Lipinski definition) is 4. The van der Waals surface area contributed by atoms with E-state index >= 15 is 0 Å². The van der Waals surface area contributed by atoms with Crippen LogP contribution < -0.4 is 0 Å². The lowest BCUT2D eigenvalue weighted by Gasteiger charge is -2.12. The minimum Gasteiger partial charge on any atom is -0.478 e. The van der Waals surface area contributed by atoms with Crippen LogP contribution in [0.25, 0.3) is 0 Å². The van der Waals surface area contributed by atoms with Crippen molar-refractivity contribution in [2.75, 3.05) is 0 Å². The molecule has 4 N–H and O–H groups in total.